The van der Waals surface area contributed by atoms with Gasteiger partial charge in [-0.3, -0.25) is 4.99 Å². The fourth-order valence-electron chi connectivity index (χ4n) is 2.89. The average Bonchev–Trinajstić information content (AvgIpc) is 3.20. The predicted octanol–water partition coefficient (Wildman–Crippen LogP) is 0.951. The minimum Gasteiger partial charge on any atom is -0.375 e. The third kappa shape index (κ3) is 4.77. The van der Waals surface area contributed by atoms with E-state index in [1.807, 2.05) is 0 Å². The molecule has 0 spiro atoms. The van der Waals surface area contributed by atoms with Gasteiger partial charge in [-0.15, -0.1) is 24.0 Å². The number of ether oxygens (including phenoxy) is 2. The van der Waals surface area contributed by atoms with Crippen LogP contribution in [0.4, 0.5) is 0 Å². The molecule has 23 heavy (non-hydrogen) atoms. The molecule has 8 nitrogen and oxygen atoms in total. The summed E-state index contributed by atoms with van der Waals surface area (Å²) < 4.78 is 16.7. The largest absolute Gasteiger partial charge is 0.375 e. The number of morpholine rings is 1. The summed E-state index contributed by atoms with van der Waals surface area (Å²) in [6.45, 7) is 5.39. The topological polar surface area (TPSA) is 85.0 Å². The van der Waals surface area contributed by atoms with Gasteiger partial charge in [0.1, 0.15) is 6.10 Å². The first-order valence-corrected chi connectivity index (χ1v) is 7.74. The Morgan fingerprint density at radius 3 is 2.83 bits per heavy atom. The van der Waals surface area contributed by atoms with Crippen molar-refractivity contribution in [2.75, 3.05) is 33.4 Å². The fourth-order valence-corrected chi connectivity index (χ4v) is 2.89. The number of hydrogen-bond donors (Lipinski definition) is 1. The molecule has 0 aromatic carbocycles. The third-order valence-electron chi connectivity index (χ3n) is 3.95. The van der Waals surface area contributed by atoms with Gasteiger partial charge in [-0.25, -0.2) is 0 Å². The van der Waals surface area contributed by atoms with E-state index in [1.54, 1.807) is 14.0 Å². The van der Waals surface area contributed by atoms with E-state index in [0.717, 1.165) is 38.5 Å². The van der Waals surface area contributed by atoms with Crippen molar-refractivity contribution in [3.8, 4) is 0 Å². The number of halogens is 1. The molecule has 2 saturated heterocycles. The number of aromatic nitrogens is 2. The van der Waals surface area contributed by atoms with Crippen LogP contribution in [0, 0.1) is 6.92 Å². The summed E-state index contributed by atoms with van der Waals surface area (Å²) in [7, 11) is 1.78. The van der Waals surface area contributed by atoms with Gasteiger partial charge in [0, 0.05) is 26.7 Å². The van der Waals surface area contributed by atoms with Crippen LogP contribution >= 0.6 is 24.0 Å². The van der Waals surface area contributed by atoms with Crippen LogP contribution in [0.25, 0.3) is 0 Å². The van der Waals surface area contributed by atoms with Crippen LogP contribution in [0.1, 0.15) is 24.6 Å². The smallest absolute Gasteiger partial charge is 0.246 e. The first-order valence-electron chi connectivity index (χ1n) is 7.74. The molecule has 2 atom stereocenters. The lowest BCUT2D eigenvalue weighted by Gasteiger charge is -2.37. The molecule has 1 N–H and O–H groups in total. The molecule has 2 unspecified atom stereocenters. The molecule has 0 saturated carbocycles. The first kappa shape index (κ1) is 18.4. The van der Waals surface area contributed by atoms with Crippen LogP contribution in [-0.4, -0.2) is 66.6 Å². The molecule has 2 aliphatic rings. The highest BCUT2D eigenvalue weighted by atomic mass is 127. The Labute approximate surface area is 153 Å². The molecule has 1 aromatic rings. The van der Waals surface area contributed by atoms with Crippen molar-refractivity contribution < 1.29 is 14.0 Å². The van der Waals surface area contributed by atoms with Crippen molar-refractivity contribution >= 4 is 29.9 Å². The summed E-state index contributed by atoms with van der Waals surface area (Å²) in [5.74, 6) is 2.02. The van der Waals surface area contributed by atoms with Gasteiger partial charge in [0.05, 0.1) is 19.3 Å². The summed E-state index contributed by atoms with van der Waals surface area (Å²) in [4.78, 5) is 10.7. The first-order chi connectivity index (χ1) is 10.8. The van der Waals surface area contributed by atoms with Crippen LogP contribution < -0.4 is 5.32 Å². The monoisotopic (exact) mass is 437 g/mol. The van der Waals surface area contributed by atoms with Gasteiger partial charge >= 0.3 is 0 Å². The van der Waals surface area contributed by atoms with E-state index in [9.17, 15) is 0 Å². The van der Waals surface area contributed by atoms with Crippen LogP contribution in [0.2, 0.25) is 0 Å². The second kappa shape index (κ2) is 8.78. The maximum Gasteiger partial charge on any atom is 0.246 e. The van der Waals surface area contributed by atoms with Gasteiger partial charge in [-0.2, -0.15) is 4.98 Å². The van der Waals surface area contributed by atoms with E-state index < -0.39 is 0 Å². The highest BCUT2D eigenvalue weighted by Crippen LogP contribution is 2.21. The van der Waals surface area contributed by atoms with Crippen molar-refractivity contribution in [3.63, 3.8) is 0 Å². The van der Waals surface area contributed by atoms with E-state index in [2.05, 4.69) is 25.3 Å². The van der Waals surface area contributed by atoms with Crippen LogP contribution in [0.3, 0.4) is 0 Å². The Morgan fingerprint density at radius 1 is 1.35 bits per heavy atom. The molecular weight excluding hydrogens is 413 g/mol. The van der Waals surface area contributed by atoms with E-state index in [4.69, 9.17) is 14.0 Å². The van der Waals surface area contributed by atoms with Crippen LogP contribution in [0.15, 0.2) is 9.52 Å². The zero-order chi connectivity index (χ0) is 15.4. The summed E-state index contributed by atoms with van der Waals surface area (Å²) >= 11 is 0. The van der Waals surface area contributed by atoms with Crippen LogP contribution in [-0.2, 0) is 16.0 Å². The Kier molecular flexibility index (Phi) is 7.03. The van der Waals surface area contributed by atoms with Gasteiger partial charge in [-0.05, 0) is 19.8 Å². The zero-order valence-electron chi connectivity index (χ0n) is 13.5. The third-order valence-corrected chi connectivity index (χ3v) is 3.95. The van der Waals surface area contributed by atoms with Crippen LogP contribution in [0.5, 0.6) is 0 Å². The Hall–Kier alpha value is -0.940. The molecule has 2 aliphatic heterocycles. The minimum atomic E-state index is 0. The maximum atomic E-state index is 5.86. The molecule has 0 bridgehead atoms. The molecule has 0 aliphatic carbocycles. The Morgan fingerprint density at radius 2 is 2.17 bits per heavy atom. The molecule has 0 radical (unpaired) electrons. The van der Waals surface area contributed by atoms with E-state index in [1.165, 1.54) is 0 Å². The average molecular weight is 437 g/mol. The van der Waals surface area contributed by atoms with Crippen molar-refractivity contribution in [1.82, 2.24) is 20.4 Å². The Bertz CT molecular complexity index is 518. The standard InChI is InChI=1S/C14H23N5O3.HI/c1-10-17-13(22-18-10)8-16-14(15-2)19-5-7-21-12(9-19)11-4-3-6-20-11;/h11-12H,3-9H2,1-2H3,(H,15,16);1H. The lowest BCUT2D eigenvalue weighted by molar-refractivity contribution is -0.0817. The highest BCUT2D eigenvalue weighted by Gasteiger charge is 2.32. The fraction of sp³-hybridized carbons (Fsp3) is 0.786. The predicted molar refractivity (Wildman–Crippen MR) is 94.9 cm³/mol. The quantitative estimate of drug-likeness (QED) is 0.428. The number of aryl methyl sites for hydroxylation is 1. The molecule has 3 heterocycles. The number of nitrogens with zero attached hydrogens (tertiary/aromatic N) is 4. The molecule has 2 fully saturated rings. The lowest BCUT2D eigenvalue weighted by atomic mass is 10.1. The molecule has 1 aromatic heterocycles. The van der Waals surface area contributed by atoms with Gasteiger partial charge in [0.2, 0.25) is 5.89 Å². The van der Waals surface area contributed by atoms with E-state index in [-0.39, 0.29) is 36.2 Å². The Balaban J connectivity index is 0.00000192. The normalized spacial score (nSPS) is 25.3. The number of nitrogens with one attached hydrogen (secondary N) is 1. The number of guanidine groups is 1. The maximum absolute atomic E-state index is 5.86. The number of hydrogen-bond acceptors (Lipinski definition) is 6. The SMILES string of the molecule is CN=C(NCc1nc(C)no1)N1CCOC(C2CCCO2)C1.I. The van der Waals surface area contributed by atoms with E-state index in [0.29, 0.717) is 24.9 Å². The number of rotatable bonds is 3. The summed E-state index contributed by atoms with van der Waals surface area (Å²) in [6, 6.07) is 0. The molecule has 130 valence electrons. The van der Waals surface area contributed by atoms with E-state index >= 15 is 0 Å². The molecule has 0 amide bonds. The van der Waals surface area contributed by atoms with Crippen molar-refractivity contribution in [3.05, 3.63) is 11.7 Å². The second-order valence-corrected chi connectivity index (χ2v) is 5.54. The van der Waals surface area contributed by atoms with Gasteiger partial charge in [0.15, 0.2) is 11.8 Å². The zero-order valence-corrected chi connectivity index (χ0v) is 15.9. The molecular formula is C14H24IN5O3. The molecule has 9 heteroatoms. The summed E-state index contributed by atoms with van der Waals surface area (Å²) in [5, 5.41) is 7.04. The van der Waals surface area contributed by atoms with Crippen molar-refractivity contribution in [1.29, 1.82) is 0 Å². The number of aliphatic imine (C=N–C) groups is 1. The minimum absolute atomic E-state index is 0. The van der Waals surface area contributed by atoms with Crippen molar-refractivity contribution in [2.45, 2.75) is 38.5 Å². The summed E-state index contributed by atoms with van der Waals surface area (Å²) in [5.41, 5.74) is 0. The van der Waals surface area contributed by atoms with Crippen molar-refractivity contribution in [2.24, 2.45) is 4.99 Å². The molecule has 3 rings (SSSR count). The lowest BCUT2D eigenvalue weighted by Crippen LogP contribution is -2.53. The van der Waals surface area contributed by atoms with Gasteiger partial charge in [-0.1, -0.05) is 5.16 Å². The highest BCUT2D eigenvalue weighted by molar-refractivity contribution is 14.0. The van der Waals surface area contributed by atoms with Gasteiger partial charge in [0.25, 0.3) is 0 Å². The summed E-state index contributed by atoms with van der Waals surface area (Å²) in [6.07, 6.45) is 2.51. The second-order valence-electron chi connectivity index (χ2n) is 5.54. The van der Waals surface area contributed by atoms with Gasteiger partial charge < -0.3 is 24.2 Å².